The van der Waals surface area contributed by atoms with E-state index in [1.807, 2.05) is 13.0 Å². The molecule has 1 atom stereocenters. The van der Waals surface area contributed by atoms with Crippen molar-refractivity contribution in [1.82, 2.24) is 14.9 Å². The molecular weight excluding hydrogens is 358 g/mol. The van der Waals surface area contributed by atoms with Gasteiger partial charge in [-0.3, -0.25) is 9.59 Å². The molecule has 1 aromatic carbocycles. The Morgan fingerprint density at radius 2 is 2.14 bits per heavy atom. The lowest BCUT2D eigenvalue weighted by Gasteiger charge is -2.25. The van der Waals surface area contributed by atoms with Crippen LogP contribution in [-0.4, -0.2) is 40.0 Å². The van der Waals surface area contributed by atoms with Crippen molar-refractivity contribution in [2.45, 2.75) is 39.3 Å². The van der Waals surface area contributed by atoms with Gasteiger partial charge in [-0.25, -0.2) is 4.98 Å². The molecule has 1 amide bonds. The third-order valence-corrected chi connectivity index (χ3v) is 5.01. The highest BCUT2D eigenvalue weighted by Gasteiger charge is 2.26. The molecular formula is C21H23N3O4. The summed E-state index contributed by atoms with van der Waals surface area (Å²) in [5.41, 5.74) is 0.931. The van der Waals surface area contributed by atoms with Crippen LogP contribution < -0.4 is 5.56 Å². The SMILES string of the molecule is Cc1cc(C(=O)N(Cc2nc3ccccc3c(=O)[nH]2)C[C@H]2CCCO2)c(C)o1. The van der Waals surface area contributed by atoms with Gasteiger partial charge in [-0.05, 0) is 44.9 Å². The quantitative estimate of drug-likeness (QED) is 0.734. The van der Waals surface area contributed by atoms with Crippen molar-refractivity contribution in [1.29, 1.82) is 0 Å². The number of carbonyl (C=O) groups is 1. The Balaban J connectivity index is 1.66. The van der Waals surface area contributed by atoms with Crippen molar-refractivity contribution in [2.24, 2.45) is 0 Å². The van der Waals surface area contributed by atoms with Gasteiger partial charge in [0.15, 0.2) is 0 Å². The van der Waals surface area contributed by atoms with Gasteiger partial charge >= 0.3 is 0 Å². The third kappa shape index (κ3) is 3.71. The number of nitrogens with one attached hydrogen (secondary N) is 1. The normalized spacial score (nSPS) is 16.6. The fourth-order valence-corrected chi connectivity index (χ4v) is 3.66. The Kier molecular flexibility index (Phi) is 5.00. The molecule has 1 aliphatic rings. The molecule has 0 spiro atoms. The largest absolute Gasteiger partial charge is 0.466 e. The molecule has 1 aliphatic heterocycles. The van der Waals surface area contributed by atoms with Gasteiger partial charge in [-0.1, -0.05) is 12.1 Å². The molecule has 1 N–H and O–H groups in total. The molecule has 7 nitrogen and oxygen atoms in total. The van der Waals surface area contributed by atoms with Gasteiger partial charge < -0.3 is 19.0 Å². The van der Waals surface area contributed by atoms with Crippen LogP contribution in [0.4, 0.5) is 0 Å². The zero-order chi connectivity index (χ0) is 19.7. The van der Waals surface area contributed by atoms with Crippen LogP contribution >= 0.6 is 0 Å². The van der Waals surface area contributed by atoms with Gasteiger partial charge in [-0.15, -0.1) is 0 Å². The second kappa shape index (κ2) is 7.59. The number of hydrogen-bond acceptors (Lipinski definition) is 5. The van der Waals surface area contributed by atoms with Crippen molar-refractivity contribution in [3.05, 3.63) is 63.6 Å². The minimum absolute atomic E-state index is 0.00978. The fourth-order valence-electron chi connectivity index (χ4n) is 3.66. The maximum absolute atomic E-state index is 13.2. The van der Waals surface area contributed by atoms with Gasteiger partial charge in [0.25, 0.3) is 11.5 Å². The summed E-state index contributed by atoms with van der Waals surface area (Å²) in [6, 6.07) is 8.92. The lowest BCUT2D eigenvalue weighted by molar-refractivity contribution is 0.0500. The second-order valence-electron chi connectivity index (χ2n) is 7.18. The van der Waals surface area contributed by atoms with Gasteiger partial charge in [0.2, 0.25) is 0 Å². The van der Waals surface area contributed by atoms with E-state index in [2.05, 4.69) is 9.97 Å². The van der Waals surface area contributed by atoms with E-state index in [0.29, 0.717) is 47.0 Å². The molecule has 1 fully saturated rings. The summed E-state index contributed by atoms with van der Waals surface area (Å²) in [6.45, 7) is 4.94. The molecule has 0 radical (unpaired) electrons. The van der Waals surface area contributed by atoms with Crippen LogP contribution in [0.2, 0.25) is 0 Å². The Bertz CT molecular complexity index is 1060. The van der Waals surface area contributed by atoms with Crippen molar-refractivity contribution in [2.75, 3.05) is 13.2 Å². The number of aromatic amines is 1. The number of hydrogen-bond donors (Lipinski definition) is 1. The molecule has 3 heterocycles. The molecule has 7 heteroatoms. The molecule has 1 saturated heterocycles. The van der Waals surface area contributed by atoms with E-state index in [0.717, 1.165) is 12.8 Å². The number of rotatable bonds is 5. The van der Waals surface area contributed by atoms with Crippen molar-refractivity contribution >= 4 is 16.8 Å². The van der Waals surface area contributed by atoms with Crippen LogP contribution in [0.25, 0.3) is 10.9 Å². The first-order chi connectivity index (χ1) is 13.5. The molecule has 28 heavy (non-hydrogen) atoms. The summed E-state index contributed by atoms with van der Waals surface area (Å²) >= 11 is 0. The average Bonchev–Trinajstić information content (AvgIpc) is 3.30. The van der Waals surface area contributed by atoms with Crippen LogP contribution in [0.1, 0.15) is 40.5 Å². The first kappa shape index (κ1) is 18.4. The number of para-hydroxylation sites is 1. The van der Waals surface area contributed by atoms with E-state index in [9.17, 15) is 9.59 Å². The number of nitrogens with zero attached hydrogens (tertiary/aromatic N) is 2. The topological polar surface area (TPSA) is 88.4 Å². The van der Waals surface area contributed by atoms with Gasteiger partial charge in [-0.2, -0.15) is 0 Å². The molecule has 3 aromatic rings. The molecule has 0 bridgehead atoms. The second-order valence-corrected chi connectivity index (χ2v) is 7.18. The number of aromatic nitrogens is 2. The minimum Gasteiger partial charge on any atom is -0.466 e. The van der Waals surface area contributed by atoms with E-state index < -0.39 is 0 Å². The Labute approximate surface area is 162 Å². The summed E-state index contributed by atoms with van der Waals surface area (Å²) in [5.74, 6) is 1.57. The Morgan fingerprint density at radius 1 is 1.32 bits per heavy atom. The summed E-state index contributed by atoms with van der Waals surface area (Å²) in [6.07, 6.45) is 1.89. The fraction of sp³-hybridized carbons (Fsp3) is 0.381. The number of aryl methyl sites for hydroxylation is 2. The maximum Gasteiger partial charge on any atom is 0.258 e. The van der Waals surface area contributed by atoms with E-state index >= 15 is 0 Å². The van der Waals surface area contributed by atoms with Gasteiger partial charge in [0, 0.05) is 13.2 Å². The van der Waals surface area contributed by atoms with E-state index in [1.54, 1.807) is 36.1 Å². The number of ether oxygens (including phenoxy) is 1. The number of carbonyl (C=O) groups excluding carboxylic acids is 1. The van der Waals surface area contributed by atoms with Crippen molar-refractivity contribution in [3.63, 3.8) is 0 Å². The maximum atomic E-state index is 13.2. The lowest BCUT2D eigenvalue weighted by Crippen LogP contribution is -2.38. The molecule has 4 rings (SSSR count). The highest BCUT2D eigenvalue weighted by Crippen LogP contribution is 2.20. The predicted octanol–water partition coefficient (Wildman–Crippen LogP) is 2.95. The summed E-state index contributed by atoms with van der Waals surface area (Å²) in [5, 5.41) is 0.532. The average molecular weight is 381 g/mol. The Morgan fingerprint density at radius 3 is 2.86 bits per heavy atom. The molecule has 146 valence electrons. The molecule has 0 unspecified atom stereocenters. The van der Waals surface area contributed by atoms with Gasteiger partial charge in [0.05, 0.1) is 29.1 Å². The molecule has 2 aromatic heterocycles. The van der Waals surface area contributed by atoms with Crippen molar-refractivity contribution in [3.8, 4) is 0 Å². The smallest absolute Gasteiger partial charge is 0.258 e. The van der Waals surface area contributed by atoms with E-state index in [1.165, 1.54) is 0 Å². The monoisotopic (exact) mass is 381 g/mol. The van der Waals surface area contributed by atoms with Crippen molar-refractivity contribution < 1.29 is 13.9 Å². The number of furan rings is 1. The number of benzene rings is 1. The van der Waals surface area contributed by atoms with Gasteiger partial charge in [0.1, 0.15) is 17.3 Å². The first-order valence-corrected chi connectivity index (χ1v) is 9.47. The standard InChI is InChI=1S/C21H23N3O4/c1-13-10-17(14(2)28-13)21(26)24(11-15-6-5-9-27-15)12-19-22-18-8-4-3-7-16(18)20(25)23-19/h3-4,7-8,10,15H,5-6,9,11-12H2,1-2H3,(H,22,23,25)/t15-/m1/s1. The van der Waals surface area contributed by atoms with Crippen LogP contribution in [-0.2, 0) is 11.3 Å². The summed E-state index contributed by atoms with van der Waals surface area (Å²) in [4.78, 5) is 34.6. The number of amides is 1. The van der Waals surface area contributed by atoms with Crippen LogP contribution in [0.15, 0.2) is 39.5 Å². The third-order valence-electron chi connectivity index (χ3n) is 5.01. The van der Waals surface area contributed by atoms with Crippen LogP contribution in [0.5, 0.6) is 0 Å². The Hall–Kier alpha value is -2.93. The minimum atomic E-state index is -0.208. The highest BCUT2D eigenvalue weighted by atomic mass is 16.5. The predicted molar refractivity (Wildman–Crippen MR) is 104 cm³/mol. The molecule has 0 saturated carbocycles. The summed E-state index contributed by atoms with van der Waals surface area (Å²) < 4.78 is 11.3. The molecule has 0 aliphatic carbocycles. The van der Waals surface area contributed by atoms with Crippen LogP contribution in [0.3, 0.4) is 0 Å². The summed E-state index contributed by atoms with van der Waals surface area (Å²) in [7, 11) is 0. The number of H-pyrrole nitrogens is 1. The zero-order valence-corrected chi connectivity index (χ0v) is 16.0. The van der Waals surface area contributed by atoms with E-state index in [4.69, 9.17) is 9.15 Å². The number of fused-ring (bicyclic) bond motifs is 1. The lowest BCUT2D eigenvalue weighted by atomic mass is 10.1. The van der Waals surface area contributed by atoms with E-state index in [-0.39, 0.29) is 24.1 Å². The highest BCUT2D eigenvalue weighted by molar-refractivity contribution is 5.95. The first-order valence-electron chi connectivity index (χ1n) is 9.47. The van der Waals surface area contributed by atoms with Crippen LogP contribution in [0, 0.1) is 13.8 Å². The zero-order valence-electron chi connectivity index (χ0n) is 16.0.